The third-order valence-electron chi connectivity index (χ3n) is 5.31. The first kappa shape index (κ1) is 20.3. The summed E-state index contributed by atoms with van der Waals surface area (Å²) in [4.78, 5) is 27.5. The van der Waals surface area contributed by atoms with Crippen molar-refractivity contribution in [3.63, 3.8) is 0 Å². The fourth-order valence-electron chi connectivity index (χ4n) is 3.81. The fourth-order valence-corrected chi connectivity index (χ4v) is 3.81. The molecule has 156 valence electrons. The molecule has 0 aromatic heterocycles. The molecular formula is C25H20FNO4. The molecule has 1 amide bonds. The summed E-state index contributed by atoms with van der Waals surface area (Å²) in [6.07, 6.45) is 0. The van der Waals surface area contributed by atoms with Gasteiger partial charge in [-0.15, -0.1) is 0 Å². The van der Waals surface area contributed by atoms with Gasteiger partial charge >= 0.3 is 0 Å². The van der Waals surface area contributed by atoms with Crippen LogP contribution in [0.5, 0.6) is 5.75 Å². The highest BCUT2D eigenvalue weighted by molar-refractivity contribution is 6.46. The molecule has 4 rings (SSSR count). The van der Waals surface area contributed by atoms with Gasteiger partial charge in [-0.1, -0.05) is 48.5 Å². The number of Topliss-reactive ketones (excluding diaryl/α,β-unsaturated/α-hetero) is 1. The number of nitrogens with zero attached hydrogens (tertiary/aromatic N) is 1. The summed E-state index contributed by atoms with van der Waals surface area (Å²) in [5.74, 6) is -1.72. The normalized spacial score (nSPS) is 17.7. The number of rotatable bonds is 5. The lowest BCUT2D eigenvalue weighted by Crippen LogP contribution is -2.29. The number of aliphatic hydroxyl groups excluding tert-OH is 1. The average molecular weight is 417 g/mol. The highest BCUT2D eigenvalue weighted by Gasteiger charge is 2.46. The molecule has 31 heavy (non-hydrogen) atoms. The number of likely N-dealkylation sites (tertiary alicyclic amines) is 1. The topological polar surface area (TPSA) is 66.8 Å². The Balaban J connectivity index is 1.85. The minimum Gasteiger partial charge on any atom is -0.507 e. The molecular weight excluding hydrogens is 397 g/mol. The van der Waals surface area contributed by atoms with E-state index >= 15 is 0 Å². The Bertz CT molecular complexity index is 1160. The number of ether oxygens (including phenoxy) is 1. The SMILES string of the molecule is COc1ccccc1CN1C(=O)C(=O)/C(=C(/O)c2ccc(F)cc2)C1c1ccccc1. The van der Waals surface area contributed by atoms with Crippen molar-refractivity contribution in [2.75, 3.05) is 7.11 Å². The summed E-state index contributed by atoms with van der Waals surface area (Å²) in [6, 6.07) is 20.6. The summed E-state index contributed by atoms with van der Waals surface area (Å²) in [6.45, 7) is 0.119. The van der Waals surface area contributed by atoms with Crippen LogP contribution in [0.25, 0.3) is 5.76 Å². The van der Waals surface area contributed by atoms with Gasteiger partial charge in [0.1, 0.15) is 17.3 Å². The number of halogens is 1. The molecule has 0 bridgehead atoms. The molecule has 5 nitrogen and oxygen atoms in total. The number of ketones is 1. The maximum Gasteiger partial charge on any atom is 0.295 e. The third-order valence-corrected chi connectivity index (χ3v) is 5.31. The van der Waals surface area contributed by atoms with Crippen molar-refractivity contribution in [1.82, 2.24) is 4.90 Å². The molecule has 1 N–H and O–H groups in total. The Kier molecular flexibility index (Phi) is 5.54. The van der Waals surface area contributed by atoms with Gasteiger partial charge in [-0.2, -0.15) is 0 Å². The number of aliphatic hydroxyl groups is 1. The number of methoxy groups -OCH3 is 1. The van der Waals surface area contributed by atoms with Crippen LogP contribution in [-0.2, 0) is 16.1 Å². The van der Waals surface area contributed by atoms with Crippen molar-refractivity contribution in [1.29, 1.82) is 0 Å². The average Bonchev–Trinajstić information content (AvgIpc) is 3.05. The zero-order valence-electron chi connectivity index (χ0n) is 16.8. The second kappa shape index (κ2) is 8.44. The largest absolute Gasteiger partial charge is 0.507 e. The van der Waals surface area contributed by atoms with Crippen LogP contribution in [0.15, 0.2) is 84.4 Å². The number of hydrogen-bond acceptors (Lipinski definition) is 4. The molecule has 1 fully saturated rings. The lowest BCUT2D eigenvalue weighted by Gasteiger charge is -2.26. The van der Waals surface area contributed by atoms with E-state index in [1.165, 1.54) is 36.3 Å². The number of hydrogen-bond donors (Lipinski definition) is 1. The Morgan fingerprint density at radius 1 is 0.968 bits per heavy atom. The van der Waals surface area contributed by atoms with E-state index in [2.05, 4.69) is 0 Å². The Labute approximate surface area is 179 Å². The summed E-state index contributed by atoms with van der Waals surface area (Å²) < 4.78 is 18.7. The predicted molar refractivity (Wildman–Crippen MR) is 114 cm³/mol. The first-order chi connectivity index (χ1) is 15.0. The van der Waals surface area contributed by atoms with Crippen LogP contribution in [0.3, 0.4) is 0 Å². The van der Waals surface area contributed by atoms with E-state index in [1.807, 2.05) is 24.3 Å². The molecule has 0 aliphatic carbocycles. The number of carbonyl (C=O) groups is 2. The van der Waals surface area contributed by atoms with Crippen LogP contribution < -0.4 is 4.74 Å². The molecule has 0 saturated carbocycles. The maximum atomic E-state index is 13.3. The summed E-state index contributed by atoms with van der Waals surface area (Å²) in [5, 5.41) is 10.9. The maximum absolute atomic E-state index is 13.3. The minimum atomic E-state index is -0.795. The van der Waals surface area contributed by atoms with Crippen molar-refractivity contribution in [3.05, 3.63) is 107 Å². The van der Waals surface area contributed by atoms with Crippen LogP contribution in [-0.4, -0.2) is 28.8 Å². The van der Waals surface area contributed by atoms with Crippen molar-refractivity contribution in [2.45, 2.75) is 12.6 Å². The second-order valence-corrected chi connectivity index (χ2v) is 7.16. The monoisotopic (exact) mass is 417 g/mol. The van der Waals surface area contributed by atoms with Crippen molar-refractivity contribution in [2.24, 2.45) is 0 Å². The first-order valence-electron chi connectivity index (χ1n) is 9.72. The number of benzene rings is 3. The smallest absolute Gasteiger partial charge is 0.295 e. The highest BCUT2D eigenvalue weighted by Crippen LogP contribution is 2.40. The van der Waals surface area contributed by atoms with Crippen LogP contribution in [0.2, 0.25) is 0 Å². The molecule has 1 atom stereocenters. The van der Waals surface area contributed by atoms with Crippen LogP contribution in [0.1, 0.15) is 22.7 Å². The molecule has 0 spiro atoms. The molecule has 1 saturated heterocycles. The third kappa shape index (κ3) is 3.80. The predicted octanol–water partition coefficient (Wildman–Crippen LogP) is 4.46. The fraction of sp³-hybridized carbons (Fsp3) is 0.120. The van der Waals surface area contributed by atoms with E-state index in [9.17, 15) is 19.1 Å². The zero-order valence-corrected chi connectivity index (χ0v) is 16.8. The molecule has 1 heterocycles. The molecule has 3 aromatic rings. The van der Waals surface area contributed by atoms with Crippen LogP contribution >= 0.6 is 0 Å². The zero-order chi connectivity index (χ0) is 22.0. The minimum absolute atomic E-state index is 0.0299. The number of amides is 1. The van der Waals surface area contributed by atoms with Crippen LogP contribution in [0, 0.1) is 5.82 Å². The molecule has 3 aromatic carbocycles. The van der Waals surface area contributed by atoms with Crippen molar-refractivity contribution in [3.8, 4) is 5.75 Å². The summed E-state index contributed by atoms with van der Waals surface area (Å²) in [7, 11) is 1.54. The van der Waals surface area contributed by atoms with Gasteiger partial charge in [-0.3, -0.25) is 9.59 Å². The number of carbonyl (C=O) groups excluding carboxylic acids is 2. The standard InChI is InChI=1S/C25H20FNO4/c1-31-20-10-6-5-9-18(20)15-27-22(16-7-3-2-4-8-16)21(24(29)25(27)30)23(28)17-11-13-19(26)14-12-17/h2-14,22,28H,15H2,1H3/b23-21+. The number of para-hydroxylation sites is 1. The van der Waals surface area contributed by atoms with Gasteiger partial charge in [0, 0.05) is 11.1 Å². The van der Waals surface area contributed by atoms with E-state index in [1.54, 1.807) is 30.3 Å². The van der Waals surface area contributed by atoms with Crippen LogP contribution in [0.4, 0.5) is 4.39 Å². The van der Waals surface area contributed by atoms with Gasteiger partial charge < -0.3 is 14.7 Å². The van der Waals surface area contributed by atoms with Gasteiger partial charge in [0.2, 0.25) is 0 Å². The summed E-state index contributed by atoms with van der Waals surface area (Å²) in [5.41, 5.74) is 1.64. The van der Waals surface area contributed by atoms with Crippen molar-refractivity contribution < 1.29 is 23.8 Å². The Morgan fingerprint density at radius 3 is 2.29 bits per heavy atom. The molecule has 1 aliphatic heterocycles. The van der Waals surface area contributed by atoms with Gasteiger partial charge in [0.25, 0.3) is 11.7 Å². The highest BCUT2D eigenvalue weighted by atomic mass is 19.1. The second-order valence-electron chi connectivity index (χ2n) is 7.16. The molecule has 1 aliphatic rings. The van der Waals surface area contributed by atoms with E-state index in [0.29, 0.717) is 11.3 Å². The van der Waals surface area contributed by atoms with Gasteiger partial charge in [0.05, 0.1) is 25.3 Å². The van der Waals surface area contributed by atoms with Gasteiger partial charge in [-0.05, 0) is 35.9 Å². The molecule has 6 heteroatoms. The van der Waals surface area contributed by atoms with E-state index in [4.69, 9.17) is 4.74 Å². The summed E-state index contributed by atoms with van der Waals surface area (Å²) >= 11 is 0. The van der Waals surface area contributed by atoms with Gasteiger partial charge in [0.15, 0.2) is 0 Å². The lowest BCUT2D eigenvalue weighted by atomic mass is 9.95. The van der Waals surface area contributed by atoms with E-state index < -0.39 is 23.5 Å². The quantitative estimate of drug-likeness (QED) is 0.378. The molecule has 0 radical (unpaired) electrons. The Morgan fingerprint density at radius 2 is 1.61 bits per heavy atom. The lowest BCUT2D eigenvalue weighted by molar-refractivity contribution is -0.140. The van der Waals surface area contributed by atoms with E-state index in [-0.39, 0.29) is 23.4 Å². The van der Waals surface area contributed by atoms with Crippen molar-refractivity contribution >= 4 is 17.4 Å². The first-order valence-corrected chi connectivity index (χ1v) is 9.72. The van der Waals surface area contributed by atoms with E-state index in [0.717, 1.165) is 5.56 Å². The Hall–Kier alpha value is -3.93. The van der Waals surface area contributed by atoms with Gasteiger partial charge in [-0.25, -0.2) is 4.39 Å². The molecule has 1 unspecified atom stereocenters.